The highest BCUT2D eigenvalue weighted by molar-refractivity contribution is 9.10. The maximum Gasteiger partial charge on any atom is 0.266 e. The molecule has 0 bridgehead atoms. The molecule has 9 heteroatoms. The van der Waals surface area contributed by atoms with Crippen molar-refractivity contribution in [3.05, 3.63) is 146 Å². The van der Waals surface area contributed by atoms with Crippen LogP contribution in [-0.4, -0.2) is 35.7 Å². The first-order chi connectivity index (χ1) is 22.5. The molecule has 1 aliphatic heterocycles. The van der Waals surface area contributed by atoms with Gasteiger partial charge in [0.2, 0.25) is 5.90 Å². The van der Waals surface area contributed by atoms with Crippen molar-refractivity contribution in [1.82, 2.24) is 10.9 Å². The Labute approximate surface area is 284 Å². The SMILES string of the molecule is O=C(NNCc1cccc2ccccc12)[C@@]1(Cc2ccccc2Br)N=C(c2ccc(OCCCO)cc2)O[C@H]1c1ccc(Br)cc1. The summed E-state index contributed by atoms with van der Waals surface area (Å²) in [6.07, 6.45) is 0.110. The minimum absolute atomic E-state index is 0.0681. The van der Waals surface area contributed by atoms with Gasteiger partial charge < -0.3 is 14.6 Å². The van der Waals surface area contributed by atoms with E-state index in [2.05, 4.69) is 67.0 Å². The molecule has 7 nitrogen and oxygen atoms in total. The zero-order valence-corrected chi connectivity index (χ0v) is 28.1. The number of halogens is 2. The summed E-state index contributed by atoms with van der Waals surface area (Å²) >= 11 is 7.23. The van der Waals surface area contributed by atoms with Crippen LogP contribution in [0.25, 0.3) is 10.8 Å². The van der Waals surface area contributed by atoms with Crippen LogP contribution in [0.5, 0.6) is 5.75 Å². The quantitative estimate of drug-likeness (QED) is 0.0913. The summed E-state index contributed by atoms with van der Waals surface area (Å²) in [7, 11) is 0. The summed E-state index contributed by atoms with van der Waals surface area (Å²) in [6.45, 7) is 0.912. The van der Waals surface area contributed by atoms with E-state index >= 15 is 0 Å². The molecule has 0 radical (unpaired) electrons. The summed E-state index contributed by atoms with van der Waals surface area (Å²) in [4.78, 5) is 19.7. The zero-order valence-electron chi connectivity index (χ0n) is 25.0. The number of aliphatic imine (C=N–C) groups is 1. The van der Waals surface area contributed by atoms with E-state index in [-0.39, 0.29) is 18.9 Å². The smallest absolute Gasteiger partial charge is 0.266 e. The Morgan fingerprint density at radius 1 is 0.870 bits per heavy atom. The second-order valence-electron chi connectivity index (χ2n) is 11.1. The molecule has 46 heavy (non-hydrogen) atoms. The first-order valence-corrected chi connectivity index (χ1v) is 16.6. The van der Waals surface area contributed by atoms with Gasteiger partial charge in [0.15, 0.2) is 11.6 Å². The molecule has 3 N–H and O–H groups in total. The summed E-state index contributed by atoms with van der Waals surface area (Å²) in [5.41, 5.74) is 8.37. The molecule has 5 aromatic carbocycles. The monoisotopic (exact) mass is 741 g/mol. The predicted molar refractivity (Wildman–Crippen MR) is 188 cm³/mol. The van der Waals surface area contributed by atoms with Crippen LogP contribution in [0.1, 0.15) is 34.8 Å². The Morgan fingerprint density at radius 2 is 1.59 bits per heavy atom. The Bertz CT molecular complexity index is 1840. The molecule has 1 aliphatic rings. The number of carbonyl (C=O) groups is 1. The zero-order chi connectivity index (χ0) is 31.9. The fraction of sp³-hybridized carbons (Fsp3) is 0.189. The van der Waals surface area contributed by atoms with E-state index in [0.717, 1.165) is 42.0 Å². The molecule has 2 atom stereocenters. The molecule has 0 fully saturated rings. The van der Waals surface area contributed by atoms with E-state index in [0.29, 0.717) is 31.2 Å². The minimum Gasteiger partial charge on any atom is -0.494 e. The maximum absolute atomic E-state index is 14.5. The lowest BCUT2D eigenvalue weighted by Gasteiger charge is -2.31. The number of carbonyl (C=O) groups excluding carboxylic acids is 1. The number of fused-ring (bicyclic) bond motifs is 1. The Morgan fingerprint density at radius 3 is 2.37 bits per heavy atom. The van der Waals surface area contributed by atoms with E-state index in [1.165, 1.54) is 0 Å². The predicted octanol–water partition coefficient (Wildman–Crippen LogP) is 7.45. The number of benzene rings is 5. The van der Waals surface area contributed by atoms with E-state index in [4.69, 9.17) is 19.6 Å². The van der Waals surface area contributed by atoms with Crippen LogP contribution >= 0.6 is 31.9 Å². The highest BCUT2D eigenvalue weighted by Gasteiger charge is 2.53. The van der Waals surface area contributed by atoms with Crippen LogP contribution in [-0.2, 0) is 22.5 Å². The largest absolute Gasteiger partial charge is 0.494 e. The van der Waals surface area contributed by atoms with Crippen molar-refractivity contribution in [2.75, 3.05) is 13.2 Å². The molecule has 0 aliphatic carbocycles. The third-order valence-electron chi connectivity index (χ3n) is 7.98. The molecule has 1 heterocycles. The fourth-order valence-corrected chi connectivity index (χ4v) is 6.32. The van der Waals surface area contributed by atoms with Crippen molar-refractivity contribution in [1.29, 1.82) is 0 Å². The number of hydrazine groups is 1. The van der Waals surface area contributed by atoms with Crippen molar-refractivity contribution in [2.24, 2.45) is 4.99 Å². The molecular weight excluding hydrogens is 710 g/mol. The van der Waals surface area contributed by atoms with E-state index in [1.54, 1.807) is 0 Å². The van der Waals surface area contributed by atoms with Crippen molar-refractivity contribution in [3.63, 3.8) is 0 Å². The number of rotatable bonds is 12. The van der Waals surface area contributed by atoms with Crippen LogP contribution in [0.4, 0.5) is 0 Å². The lowest BCUT2D eigenvalue weighted by atomic mass is 9.82. The highest BCUT2D eigenvalue weighted by Crippen LogP contribution is 2.43. The van der Waals surface area contributed by atoms with Crippen molar-refractivity contribution in [3.8, 4) is 5.75 Å². The third-order valence-corrected chi connectivity index (χ3v) is 9.28. The van der Waals surface area contributed by atoms with Gasteiger partial charge in [-0.15, -0.1) is 0 Å². The first-order valence-electron chi connectivity index (χ1n) is 15.1. The number of hydrogen-bond acceptors (Lipinski definition) is 6. The minimum atomic E-state index is -1.35. The van der Waals surface area contributed by atoms with Crippen LogP contribution in [0, 0.1) is 0 Å². The van der Waals surface area contributed by atoms with Gasteiger partial charge in [-0.1, -0.05) is 105 Å². The molecule has 234 valence electrons. The number of aliphatic hydroxyl groups excluding tert-OH is 1. The van der Waals surface area contributed by atoms with Crippen molar-refractivity contribution >= 4 is 54.4 Å². The Balaban J connectivity index is 1.36. The number of nitrogens with one attached hydrogen (secondary N) is 2. The first kappa shape index (κ1) is 31.9. The summed E-state index contributed by atoms with van der Waals surface area (Å²) in [6, 6.07) is 37.4. The highest BCUT2D eigenvalue weighted by atomic mass is 79.9. The molecule has 5 aromatic rings. The number of nitrogens with zero attached hydrogens (tertiary/aromatic N) is 1. The van der Waals surface area contributed by atoms with Gasteiger partial charge in [0.25, 0.3) is 5.91 Å². The van der Waals surface area contributed by atoms with Crippen molar-refractivity contribution < 1.29 is 19.4 Å². The second-order valence-corrected chi connectivity index (χ2v) is 12.8. The number of amides is 1. The average molecular weight is 743 g/mol. The molecule has 0 saturated heterocycles. The Hall–Kier alpha value is -4.02. The van der Waals surface area contributed by atoms with Gasteiger partial charge in [0.1, 0.15) is 5.75 Å². The lowest BCUT2D eigenvalue weighted by molar-refractivity contribution is -0.130. The van der Waals surface area contributed by atoms with Gasteiger partial charge >= 0.3 is 0 Å². The van der Waals surface area contributed by atoms with E-state index in [1.807, 2.05) is 91.0 Å². The second kappa shape index (κ2) is 14.6. The average Bonchev–Trinajstić information content (AvgIpc) is 3.47. The molecule has 0 spiro atoms. The summed E-state index contributed by atoms with van der Waals surface area (Å²) < 4.78 is 14.2. The fourth-order valence-electron chi connectivity index (χ4n) is 5.63. The molecule has 0 saturated carbocycles. The summed E-state index contributed by atoms with van der Waals surface area (Å²) in [5.74, 6) is 0.733. The third kappa shape index (κ3) is 7.03. The molecule has 0 aromatic heterocycles. The van der Waals surface area contributed by atoms with Gasteiger partial charge in [-0.05, 0) is 69.9 Å². The molecule has 6 rings (SSSR count). The maximum atomic E-state index is 14.5. The van der Waals surface area contributed by atoms with Gasteiger partial charge in [0, 0.05) is 40.5 Å². The Kier molecular flexibility index (Phi) is 10.1. The van der Waals surface area contributed by atoms with Gasteiger partial charge in [-0.25, -0.2) is 10.4 Å². The normalized spacial score (nSPS) is 17.4. The number of ether oxygens (including phenoxy) is 2. The number of hydrogen-bond donors (Lipinski definition) is 3. The van der Waals surface area contributed by atoms with Gasteiger partial charge in [-0.2, -0.15) is 0 Å². The molecular formula is C37H33Br2N3O4. The van der Waals surface area contributed by atoms with Crippen LogP contribution in [0.2, 0.25) is 0 Å². The van der Waals surface area contributed by atoms with E-state index in [9.17, 15) is 4.79 Å². The van der Waals surface area contributed by atoms with Crippen LogP contribution in [0.3, 0.4) is 0 Å². The summed E-state index contributed by atoms with van der Waals surface area (Å²) in [5, 5.41) is 11.3. The van der Waals surface area contributed by atoms with Crippen molar-refractivity contribution in [2.45, 2.75) is 31.0 Å². The van der Waals surface area contributed by atoms with Gasteiger partial charge in [0.05, 0.1) is 6.61 Å². The lowest BCUT2D eigenvalue weighted by Crippen LogP contribution is -2.53. The molecule has 0 unspecified atom stereocenters. The van der Waals surface area contributed by atoms with Crippen LogP contribution < -0.4 is 15.6 Å². The number of aliphatic hydroxyl groups is 1. The van der Waals surface area contributed by atoms with E-state index < -0.39 is 11.6 Å². The topological polar surface area (TPSA) is 92.2 Å². The van der Waals surface area contributed by atoms with Crippen LogP contribution in [0.15, 0.2) is 129 Å². The molecule has 1 amide bonds. The van der Waals surface area contributed by atoms with Gasteiger partial charge in [-0.3, -0.25) is 10.2 Å². The standard InChI is InChI=1S/C37H33Br2N3O4/c38-30-17-13-26(14-18-30)34-37(23-28-8-2-4-12-33(28)39,41-35(46-34)27-15-19-31(20-16-27)45-22-6-21-43)36(44)42-40-24-29-10-5-9-25-7-1-3-11-32(25)29/h1-5,7-20,34,40,43H,6,21-24H2,(H,42,44)/t34-,37-/m0/s1.